The molecule has 0 spiro atoms. The molecule has 3 N–H and O–H groups in total. The zero-order valence-corrected chi connectivity index (χ0v) is 20.7. The van der Waals surface area contributed by atoms with Crippen LogP contribution in [0.15, 0.2) is 36.5 Å². The maximum atomic E-state index is 13.2. The minimum Gasteiger partial charge on any atom is -0.383 e. The molecule has 1 aromatic carbocycles. The van der Waals surface area contributed by atoms with Gasteiger partial charge >= 0.3 is 0 Å². The Morgan fingerprint density at radius 1 is 1.29 bits per heavy atom. The number of benzene rings is 1. The Labute approximate surface area is 205 Å². The van der Waals surface area contributed by atoms with Crippen LogP contribution in [0.4, 0.5) is 4.39 Å². The van der Waals surface area contributed by atoms with Gasteiger partial charge in [-0.25, -0.2) is 9.37 Å². The molecular formula is C26H34FN5O3. The second-order valence-corrected chi connectivity index (χ2v) is 9.37. The fourth-order valence-electron chi connectivity index (χ4n) is 4.20. The fraction of sp³-hybridized carbons (Fsp3) is 0.462. The predicted molar refractivity (Wildman–Crippen MR) is 133 cm³/mol. The molecule has 2 atom stereocenters. The largest absolute Gasteiger partial charge is 0.383 e. The molecule has 1 fully saturated rings. The first kappa shape index (κ1) is 26.3. The van der Waals surface area contributed by atoms with Gasteiger partial charge in [0.2, 0.25) is 0 Å². The Morgan fingerprint density at radius 2 is 1.97 bits per heavy atom. The number of hydrogen-bond acceptors (Lipinski definition) is 5. The van der Waals surface area contributed by atoms with Crippen molar-refractivity contribution >= 4 is 23.1 Å². The molecule has 1 aromatic heterocycles. The molecule has 2 aromatic rings. The molecule has 0 saturated carbocycles. The van der Waals surface area contributed by atoms with E-state index in [9.17, 15) is 19.1 Å². The molecule has 2 amide bonds. The average Bonchev–Trinajstić information content (AvgIpc) is 3.31. The van der Waals surface area contributed by atoms with E-state index in [-0.39, 0.29) is 35.3 Å². The molecule has 9 heteroatoms. The molecule has 1 aliphatic heterocycles. The number of carbonyl (C=O) groups excluding carboxylic acids is 2. The molecule has 1 aliphatic rings. The van der Waals surface area contributed by atoms with Crippen LogP contribution >= 0.6 is 0 Å². The summed E-state index contributed by atoms with van der Waals surface area (Å²) < 4.78 is 13.2. The first-order chi connectivity index (χ1) is 16.6. The van der Waals surface area contributed by atoms with Crippen LogP contribution in [0.5, 0.6) is 0 Å². The van der Waals surface area contributed by atoms with Crippen molar-refractivity contribution in [3.8, 4) is 0 Å². The van der Waals surface area contributed by atoms with E-state index < -0.39 is 6.10 Å². The minimum absolute atomic E-state index is 0.211. The van der Waals surface area contributed by atoms with Gasteiger partial charge in [0.05, 0.1) is 11.9 Å². The lowest BCUT2D eigenvalue weighted by atomic mass is 10.0. The first-order valence-electron chi connectivity index (χ1n) is 12.0. The number of H-pyrrole nitrogens is 1. The Balaban J connectivity index is 1.67. The van der Waals surface area contributed by atoms with E-state index in [1.165, 1.54) is 18.3 Å². The fourth-order valence-corrected chi connectivity index (χ4v) is 4.20. The molecule has 3 rings (SSSR count). The molecule has 0 bridgehead atoms. The highest BCUT2D eigenvalue weighted by molar-refractivity contribution is 6.10. The topological polar surface area (TPSA) is 113 Å². The first-order valence-corrected chi connectivity index (χ1v) is 12.0. The summed E-state index contributed by atoms with van der Waals surface area (Å²) in [6, 6.07) is 5.50. The highest BCUT2D eigenvalue weighted by Gasteiger charge is 2.33. The monoisotopic (exact) mass is 483 g/mol. The van der Waals surface area contributed by atoms with Gasteiger partial charge in [-0.05, 0) is 67.2 Å². The lowest BCUT2D eigenvalue weighted by Crippen LogP contribution is -2.57. The summed E-state index contributed by atoms with van der Waals surface area (Å²) in [5.74, 6) is -0.149. The second kappa shape index (κ2) is 11.4. The number of piperazine rings is 1. The molecule has 0 aliphatic carbocycles. The van der Waals surface area contributed by atoms with Crippen LogP contribution in [0, 0.1) is 17.1 Å². The number of hydrogen-bond donors (Lipinski definition) is 3. The van der Waals surface area contributed by atoms with Gasteiger partial charge in [-0.3, -0.25) is 9.59 Å². The number of amides is 2. The SMILES string of the molecule is CC/C(=C/C(=N)c1ccc(F)cc1)c1ncc(C(=O)N2CCN(C(=O)[C@H](O)CC(C)C)[C@@H](C)C2)[nH]1. The van der Waals surface area contributed by atoms with E-state index in [0.29, 0.717) is 49.6 Å². The number of aromatic amines is 1. The van der Waals surface area contributed by atoms with Crippen molar-refractivity contribution in [1.29, 1.82) is 5.41 Å². The highest BCUT2D eigenvalue weighted by Crippen LogP contribution is 2.19. The standard InChI is InChI=1S/C26H34FN5O3/c1-5-18(13-21(28)19-6-8-20(27)9-7-19)24-29-14-22(30-24)25(34)31-10-11-32(17(4)15-31)26(35)23(33)12-16(2)3/h6-9,13-14,16-17,23,28,33H,5,10-12,15H2,1-4H3,(H,29,30)/b18-13-,28-21?/t17-,23+/m0/s1. The zero-order chi connectivity index (χ0) is 25.7. The van der Waals surface area contributed by atoms with Crippen LogP contribution in [0.2, 0.25) is 0 Å². The number of nitrogens with one attached hydrogen (secondary N) is 2. The maximum absolute atomic E-state index is 13.2. The number of aliphatic hydroxyl groups excluding tert-OH is 1. The third kappa shape index (κ3) is 6.42. The normalized spacial score (nSPS) is 17.6. The van der Waals surface area contributed by atoms with Gasteiger partial charge in [0.15, 0.2) is 0 Å². The summed E-state index contributed by atoms with van der Waals surface area (Å²) in [5.41, 5.74) is 1.89. The third-order valence-electron chi connectivity index (χ3n) is 6.14. The smallest absolute Gasteiger partial charge is 0.272 e. The number of aliphatic hydroxyl groups is 1. The van der Waals surface area contributed by atoms with Crippen molar-refractivity contribution in [3.05, 3.63) is 59.4 Å². The molecule has 188 valence electrons. The minimum atomic E-state index is -1.03. The lowest BCUT2D eigenvalue weighted by molar-refractivity contribution is -0.145. The van der Waals surface area contributed by atoms with Gasteiger partial charge in [0.25, 0.3) is 11.8 Å². The summed E-state index contributed by atoms with van der Waals surface area (Å²) in [4.78, 5) is 36.5. The number of allylic oxidation sites excluding steroid dienone is 2. The van der Waals surface area contributed by atoms with E-state index in [4.69, 9.17) is 5.41 Å². The Bertz CT molecular complexity index is 1090. The third-order valence-corrected chi connectivity index (χ3v) is 6.14. The average molecular weight is 484 g/mol. The van der Waals surface area contributed by atoms with Crippen molar-refractivity contribution in [2.75, 3.05) is 19.6 Å². The van der Waals surface area contributed by atoms with Crippen LogP contribution in [0.25, 0.3) is 5.57 Å². The summed E-state index contributed by atoms with van der Waals surface area (Å²) >= 11 is 0. The number of imidazole rings is 1. The summed E-state index contributed by atoms with van der Waals surface area (Å²) in [6.45, 7) is 8.80. The van der Waals surface area contributed by atoms with E-state index in [1.54, 1.807) is 28.0 Å². The summed E-state index contributed by atoms with van der Waals surface area (Å²) in [7, 11) is 0. The van der Waals surface area contributed by atoms with Gasteiger partial charge in [0, 0.05) is 25.7 Å². The number of rotatable bonds is 8. The predicted octanol–water partition coefficient (Wildman–Crippen LogP) is 3.49. The van der Waals surface area contributed by atoms with Crippen molar-refractivity contribution in [2.24, 2.45) is 5.92 Å². The van der Waals surface area contributed by atoms with Gasteiger partial charge < -0.3 is 25.3 Å². The molecule has 0 radical (unpaired) electrons. The van der Waals surface area contributed by atoms with Gasteiger partial charge in [-0.1, -0.05) is 20.8 Å². The summed E-state index contributed by atoms with van der Waals surface area (Å²) in [6.07, 6.45) is 3.11. The lowest BCUT2D eigenvalue weighted by Gasteiger charge is -2.40. The van der Waals surface area contributed by atoms with Crippen molar-refractivity contribution in [1.82, 2.24) is 19.8 Å². The molecule has 0 unspecified atom stereocenters. The van der Waals surface area contributed by atoms with Gasteiger partial charge in [0.1, 0.15) is 23.4 Å². The molecule has 2 heterocycles. The Kier molecular flexibility index (Phi) is 8.56. The number of halogens is 1. The molecule has 8 nitrogen and oxygen atoms in total. The molecular weight excluding hydrogens is 449 g/mol. The number of carbonyl (C=O) groups is 2. The second-order valence-electron chi connectivity index (χ2n) is 9.37. The van der Waals surface area contributed by atoms with E-state index >= 15 is 0 Å². The highest BCUT2D eigenvalue weighted by atomic mass is 19.1. The van der Waals surface area contributed by atoms with Gasteiger partial charge in [-0.15, -0.1) is 0 Å². The Hall–Kier alpha value is -3.33. The van der Waals surface area contributed by atoms with Crippen molar-refractivity contribution in [2.45, 2.75) is 52.7 Å². The van der Waals surface area contributed by atoms with Crippen LogP contribution in [-0.4, -0.2) is 74.2 Å². The van der Waals surface area contributed by atoms with Crippen molar-refractivity contribution in [3.63, 3.8) is 0 Å². The maximum Gasteiger partial charge on any atom is 0.272 e. The molecule has 1 saturated heterocycles. The quantitative estimate of drug-likeness (QED) is 0.499. The number of nitrogens with zero attached hydrogens (tertiary/aromatic N) is 3. The number of aromatic nitrogens is 2. The van der Waals surface area contributed by atoms with Crippen molar-refractivity contribution < 1.29 is 19.1 Å². The van der Waals surface area contributed by atoms with Crippen LogP contribution < -0.4 is 0 Å². The molecule has 35 heavy (non-hydrogen) atoms. The zero-order valence-electron chi connectivity index (χ0n) is 20.7. The summed E-state index contributed by atoms with van der Waals surface area (Å²) in [5, 5.41) is 18.5. The van der Waals surface area contributed by atoms with E-state index in [0.717, 1.165) is 5.57 Å². The Morgan fingerprint density at radius 3 is 2.57 bits per heavy atom. The van der Waals surface area contributed by atoms with Gasteiger partial charge in [-0.2, -0.15) is 0 Å². The van der Waals surface area contributed by atoms with Crippen LogP contribution in [0.3, 0.4) is 0 Å². The van der Waals surface area contributed by atoms with Crippen LogP contribution in [0.1, 0.15) is 62.4 Å². The van der Waals surface area contributed by atoms with Crippen LogP contribution in [-0.2, 0) is 4.79 Å². The van der Waals surface area contributed by atoms with E-state index in [1.807, 2.05) is 27.7 Å². The van der Waals surface area contributed by atoms with E-state index in [2.05, 4.69) is 9.97 Å².